The lowest BCUT2D eigenvalue weighted by Crippen LogP contribution is -2.39. The van der Waals surface area contributed by atoms with Gasteiger partial charge in [-0.2, -0.15) is 8.42 Å². The van der Waals surface area contributed by atoms with E-state index in [1.54, 1.807) is 32.9 Å². The average Bonchev–Trinajstić information content (AvgIpc) is 2.57. The second kappa shape index (κ2) is 11.0. The summed E-state index contributed by atoms with van der Waals surface area (Å²) in [6.45, 7) is 7.83. The average molecular weight is 430 g/mol. The molecule has 4 N–H and O–H groups in total. The Morgan fingerprint density at radius 1 is 1.10 bits per heavy atom. The first-order valence-corrected chi connectivity index (χ1v) is 10.9. The van der Waals surface area contributed by atoms with Gasteiger partial charge in [-0.3, -0.25) is 14.1 Å². The van der Waals surface area contributed by atoms with Crippen molar-refractivity contribution >= 4 is 28.0 Å². The van der Waals surface area contributed by atoms with Crippen LogP contribution in [0.25, 0.3) is 0 Å². The topological polar surface area (TPSA) is 134 Å². The van der Waals surface area contributed by atoms with Crippen molar-refractivity contribution in [3.63, 3.8) is 0 Å². The van der Waals surface area contributed by atoms with Crippen molar-refractivity contribution in [1.82, 2.24) is 10.6 Å². The number of nitrogens with one attached hydrogen (secondary N) is 3. The second-order valence-electron chi connectivity index (χ2n) is 7.63. The highest BCUT2D eigenvalue weighted by atomic mass is 32.2. The predicted molar refractivity (Wildman–Crippen MR) is 111 cm³/mol. The van der Waals surface area contributed by atoms with Crippen LogP contribution in [0.4, 0.5) is 10.5 Å². The van der Waals surface area contributed by atoms with Gasteiger partial charge in [0.2, 0.25) is 5.91 Å². The van der Waals surface area contributed by atoms with E-state index < -0.39 is 27.9 Å². The van der Waals surface area contributed by atoms with E-state index in [0.717, 1.165) is 19.3 Å². The molecule has 0 aliphatic carbocycles. The van der Waals surface area contributed by atoms with Gasteiger partial charge in [0.15, 0.2) is 0 Å². The van der Waals surface area contributed by atoms with Crippen LogP contribution in [0.3, 0.4) is 0 Å². The number of hydrogen-bond donors (Lipinski definition) is 4. The Morgan fingerprint density at radius 3 is 2.24 bits per heavy atom. The standard InChI is InChI=1S/C19H31N3O6S/c1-5-6-7-12-20-17(23)16(13-21-18(24)28-19(2,3)4)14-8-10-15(11-9-14)22-29(25,26)27/h8-11,16,22H,5-7,12-13H2,1-4H3,(H,20,23)(H,21,24)(H,25,26,27)/t16-/m0/s1. The third kappa shape index (κ3) is 10.7. The monoisotopic (exact) mass is 429 g/mol. The highest BCUT2D eigenvalue weighted by Gasteiger charge is 2.23. The fraction of sp³-hybridized carbons (Fsp3) is 0.579. The second-order valence-corrected chi connectivity index (χ2v) is 8.79. The number of amides is 2. The lowest BCUT2D eigenvalue weighted by Gasteiger charge is -2.22. The molecule has 0 spiro atoms. The van der Waals surface area contributed by atoms with E-state index in [0.29, 0.717) is 12.1 Å². The van der Waals surface area contributed by atoms with Crippen molar-refractivity contribution in [2.45, 2.75) is 58.5 Å². The summed E-state index contributed by atoms with van der Waals surface area (Å²) in [7, 11) is -4.39. The Bertz CT molecular complexity index is 772. The minimum Gasteiger partial charge on any atom is -0.444 e. The SMILES string of the molecule is CCCCCNC(=O)[C@@H](CNC(=O)OC(C)(C)C)c1ccc(NS(=O)(=O)O)cc1. The minimum absolute atomic E-state index is 0.0135. The first-order valence-electron chi connectivity index (χ1n) is 9.51. The van der Waals surface area contributed by atoms with Crippen molar-refractivity contribution in [1.29, 1.82) is 0 Å². The minimum atomic E-state index is -4.39. The Morgan fingerprint density at radius 2 is 1.72 bits per heavy atom. The van der Waals surface area contributed by atoms with Crippen LogP contribution in [0, 0.1) is 0 Å². The number of unbranched alkanes of at least 4 members (excludes halogenated alkanes) is 2. The van der Waals surface area contributed by atoms with Crippen molar-refractivity contribution < 1.29 is 27.3 Å². The molecule has 0 fully saturated rings. The molecule has 1 aromatic rings. The van der Waals surface area contributed by atoms with Gasteiger partial charge in [-0.25, -0.2) is 4.79 Å². The molecule has 0 unspecified atom stereocenters. The number of carbonyl (C=O) groups excluding carboxylic acids is 2. The molecular formula is C19H31N3O6S. The molecule has 0 aliphatic heterocycles. The van der Waals surface area contributed by atoms with E-state index in [2.05, 4.69) is 17.6 Å². The van der Waals surface area contributed by atoms with Crippen LogP contribution in [0.2, 0.25) is 0 Å². The van der Waals surface area contributed by atoms with E-state index in [4.69, 9.17) is 9.29 Å². The number of alkyl carbamates (subject to hydrolysis) is 1. The highest BCUT2D eigenvalue weighted by Crippen LogP contribution is 2.19. The van der Waals surface area contributed by atoms with Gasteiger partial charge in [0.1, 0.15) is 5.60 Å². The third-order valence-corrected chi connectivity index (χ3v) is 4.30. The van der Waals surface area contributed by atoms with Crippen LogP contribution >= 0.6 is 0 Å². The maximum Gasteiger partial charge on any atom is 0.407 e. The largest absolute Gasteiger partial charge is 0.444 e. The van der Waals surface area contributed by atoms with Crippen LogP contribution in [0.15, 0.2) is 24.3 Å². The molecule has 10 heteroatoms. The lowest BCUT2D eigenvalue weighted by atomic mass is 9.97. The Balaban J connectivity index is 2.88. The van der Waals surface area contributed by atoms with Gasteiger partial charge in [-0.05, 0) is 44.9 Å². The summed E-state index contributed by atoms with van der Waals surface area (Å²) in [5.74, 6) is -0.948. The maximum atomic E-state index is 12.7. The van der Waals surface area contributed by atoms with Gasteiger partial charge in [0, 0.05) is 13.1 Å². The van der Waals surface area contributed by atoms with E-state index in [-0.39, 0.29) is 18.1 Å². The van der Waals surface area contributed by atoms with Crippen LogP contribution in [-0.4, -0.2) is 43.7 Å². The Kier molecular flexibility index (Phi) is 9.38. The molecule has 1 aromatic carbocycles. The zero-order chi connectivity index (χ0) is 22.1. The molecule has 0 saturated carbocycles. The summed E-state index contributed by atoms with van der Waals surface area (Å²) >= 11 is 0. The molecule has 164 valence electrons. The molecule has 0 aliphatic rings. The Hall–Kier alpha value is -2.33. The molecule has 1 atom stereocenters. The summed E-state index contributed by atoms with van der Waals surface area (Å²) in [5, 5.41) is 5.46. The number of rotatable bonds is 10. The number of carbonyl (C=O) groups is 2. The van der Waals surface area contributed by atoms with Crippen LogP contribution in [-0.2, 0) is 19.8 Å². The van der Waals surface area contributed by atoms with Gasteiger partial charge >= 0.3 is 16.4 Å². The fourth-order valence-electron chi connectivity index (χ4n) is 2.50. The predicted octanol–water partition coefficient (Wildman–Crippen LogP) is 2.82. The smallest absolute Gasteiger partial charge is 0.407 e. The van der Waals surface area contributed by atoms with Crippen molar-refractivity contribution in [3.05, 3.63) is 29.8 Å². The van der Waals surface area contributed by atoms with Crippen molar-refractivity contribution in [2.24, 2.45) is 0 Å². The van der Waals surface area contributed by atoms with Gasteiger partial charge in [-0.1, -0.05) is 31.9 Å². The van der Waals surface area contributed by atoms with Crippen LogP contribution in [0.5, 0.6) is 0 Å². The summed E-state index contributed by atoms with van der Waals surface area (Å²) < 4.78 is 37.8. The van der Waals surface area contributed by atoms with Gasteiger partial charge < -0.3 is 15.4 Å². The first kappa shape index (κ1) is 24.7. The number of benzene rings is 1. The quantitative estimate of drug-likeness (QED) is 0.334. The van der Waals surface area contributed by atoms with E-state index in [1.807, 2.05) is 4.72 Å². The van der Waals surface area contributed by atoms with Gasteiger partial charge in [-0.15, -0.1) is 0 Å². The maximum absolute atomic E-state index is 12.7. The number of hydrogen-bond acceptors (Lipinski definition) is 5. The van der Waals surface area contributed by atoms with Crippen LogP contribution in [0.1, 0.15) is 58.4 Å². The first-order chi connectivity index (χ1) is 13.4. The molecule has 0 heterocycles. The lowest BCUT2D eigenvalue weighted by molar-refractivity contribution is -0.122. The molecule has 0 saturated heterocycles. The van der Waals surface area contributed by atoms with Crippen LogP contribution < -0.4 is 15.4 Å². The summed E-state index contributed by atoms with van der Waals surface area (Å²) in [6.07, 6.45) is 2.25. The van der Waals surface area contributed by atoms with Crippen molar-refractivity contribution in [2.75, 3.05) is 17.8 Å². The van der Waals surface area contributed by atoms with Gasteiger partial charge in [0.05, 0.1) is 11.6 Å². The molecular weight excluding hydrogens is 398 g/mol. The third-order valence-electron chi connectivity index (χ3n) is 3.81. The van der Waals surface area contributed by atoms with E-state index >= 15 is 0 Å². The van der Waals surface area contributed by atoms with E-state index in [9.17, 15) is 18.0 Å². The summed E-state index contributed by atoms with van der Waals surface area (Å²) in [4.78, 5) is 24.6. The van der Waals surface area contributed by atoms with Crippen molar-refractivity contribution in [3.8, 4) is 0 Å². The normalized spacial score (nSPS) is 12.7. The Labute approximate surface area is 172 Å². The molecule has 0 radical (unpaired) electrons. The highest BCUT2D eigenvalue weighted by molar-refractivity contribution is 7.87. The number of anilines is 1. The molecule has 29 heavy (non-hydrogen) atoms. The molecule has 1 rings (SSSR count). The summed E-state index contributed by atoms with van der Waals surface area (Å²) in [6, 6.07) is 5.96. The summed E-state index contributed by atoms with van der Waals surface area (Å²) in [5.41, 5.74) is 0.0684. The molecule has 0 aromatic heterocycles. The van der Waals surface area contributed by atoms with Gasteiger partial charge in [0.25, 0.3) is 0 Å². The molecule has 9 nitrogen and oxygen atoms in total. The zero-order valence-electron chi connectivity index (χ0n) is 17.3. The number of ether oxygens (including phenoxy) is 1. The zero-order valence-corrected chi connectivity index (χ0v) is 18.1. The fourth-order valence-corrected chi connectivity index (χ4v) is 2.94. The molecule has 2 amide bonds. The van der Waals surface area contributed by atoms with E-state index in [1.165, 1.54) is 12.1 Å². The molecule has 0 bridgehead atoms.